The third kappa shape index (κ3) is 3.41. The Balaban J connectivity index is 2.37. The lowest BCUT2D eigenvalue weighted by molar-refractivity contribution is -0.136. The van der Waals surface area contributed by atoms with Gasteiger partial charge in [0.2, 0.25) is 0 Å². The van der Waals surface area contributed by atoms with E-state index in [0.29, 0.717) is 18.4 Å². The molecule has 0 aliphatic heterocycles. The van der Waals surface area contributed by atoms with Crippen molar-refractivity contribution in [2.24, 2.45) is 11.8 Å². The molecule has 1 rings (SSSR count). The van der Waals surface area contributed by atoms with Crippen LogP contribution in [-0.4, -0.2) is 12.6 Å². The third-order valence-corrected chi connectivity index (χ3v) is 2.78. The van der Waals surface area contributed by atoms with E-state index >= 15 is 0 Å². The number of carbonyl (C=O) groups is 1. The molecule has 0 saturated heterocycles. The number of hydrogen-bond acceptors (Lipinski definition) is 2. The summed E-state index contributed by atoms with van der Waals surface area (Å²) in [6.07, 6.45) is 5.16. The van der Waals surface area contributed by atoms with Crippen molar-refractivity contribution in [1.82, 2.24) is 0 Å². The summed E-state index contributed by atoms with van der Waals surface area (Å²) in [6, 6.07) is 0. The molecule has 1 unspecified atom stereocenters. The molecule has 0 aromatic heterocycles. The Hall–Kier alpha value is -0.970. The summed E-state index contributed by atoms with van der Waals surface area (Å²) < 4.78 is 4.74. The van der Waals surface area contributed by atoms with Gasteiger partial charge in [0.15, 0.2) is 0 Å². The first-order valence-electron chi connectivity index (χ1n) is 5.42. The van der Waals surface area contributed by atoms with Crippen LogP contribution in [0, 0.1) is 23.7 Å². The predicted molar refractivity (Wildman–Crippen MR) is 55.5 cm³/mol. The number of carbonyl (C=O) groups excluding carboxylic acids is 1. The van der Waals surface area contributed by atoms with Crippen LogP contribution in [0.3, 0.4) is 0 Å². The summed E-state index contributed by atoms with van der Waals surface area (Å²) in [5.74, 6) is 6.17. The summed E-state index contributed by atoms with van der Waals surface area (Å²) in [6.45, 7) is 4.30. The van der Waals surface area contributed by atoms with Crippen molar-refractivity contribution in [2.75, 3.05) is 6.61 Å². The number of rotatable bonds is 2. The fourth-order valence-corrected chi connectivity index (χ4v) is 1.92. The number of esters is 1. The molecule has 78 valence electrons. The molecular weight excluding hydrogens is 176 g/mol. The molecule has 1 saturated carbocycles. The van der Waals surface area contributed by atoms with Crippen LogP contribution in [0.5, 0.6) is 0 Å². The van der Waals surface area contributed by atoms with Gasteiger partial charge in [0.25, 0.3) is 0 Å². The van der Waals surface area contributed by atoms with E-state index in [2.05, 4.69) is 18.8 Å². The van der Waals surface area contributed by atoms with E-state index in [0.717, 1.165) is 0 Å². The monoisotopic (exact) mass is 194 g/mol. The third-order valence-electron chi connectivity index (χ3n) is 2.78. The largest absolute Gasteiger partial charge is 0.456 e. The topological polar surface area (TPSA) is 26.3 Å². The quantitative estimate of drug-likeness (QED) is 0.383. The zero-order valence-corrected chi connectivity index (χ0v) is 9.01. The highest BCUT2D eigenvalue weighted by Gasteiger charge is 2.19. The van der Waals surface area contributed by atoms with Gasteiger partial charge in [-0.05, 0) is 25.7 Å². The second-order valence-corrected chi connectivity index (χ2v) is 3.82. The molecule has 0 heterocycles. The Kier molecular flexibility index (Phi) is 4.52. The molecule has 14 heavy (non-hydrogen) atoms. The Morgan fingerprint density at radius 3 is 2.71 bits per heavy atom. The predicted octanol–water partition coefficient (Wildman–Crippen LogP) is 2.38. The minimum Gasteiger partial charge on any atom is -0.456 e. The first kappa shape index (κ1) is 11.1. The van der Waals surface area contributed by atoms with Gasteiger partial charge in [-0.15, -0.1) is 0 Å². The van der Waals surface area contributed by atoms with E-state index in [1.54, 1.807) is 6.92 Å². The fourth-order valence-electron chi connectivity index (χ4n) is 1.92. The highest BCUT2D eigenvalue weighted by Crippen LogP contribution is 2.30. The maximum atomic E-state index is 11.0. The second kappa shape index (κ2) is 5.70. The summed E-state index contributed by atoms with van der Waals surface area (Å²) >= 11 is 0. The maximum absolute atomic E-state index is 11.0. The Morgan fingerprint density at radius 2 is 2.14 bits per heavy atom. The SMILES string of the molecule is CCOC(=O)C#CC(C)C1CCCC1. The summed E-state index contributed by atoms with van der Waals surface area (Å²) in [5, 5.41) is 0. The molecule has 0 bridgehead atoms. The Morgan fingerprint density at radius 1 is 1.50 bits per heavy atom. The molecule has 2 heteroatoms. The molecule has 1 aliphatic carbocycles. The van der Waals surface area contributed by atoms with Crippen molar-refractivity contribution >= 4 is 5.97 Å². The number of ether oxygens (including phenoxy) is 1. The molecular formula is C12H18O2. The molecule has 0 radical (unpaired) electrons. The first-order chi connectivity index (χ1) is 6.74. The van der Waals surface area contributed by atoms with Crippen molar-refractivity contribution < 1.29 is 9.53 Å². The van der Waals surface area contributed by atoms with Crippen LogP contribution in [0.25, 0.3) is 0 Å². The lowest BCUT2D eigenvalue weighted by Crippen LogP contribution is -2.06. The second-order valence-electron chi connectivity index (χ2n) is 3.82. The molecule has 0 aromatic rings. The molecule has 0 spiro atoms. The van der Waals surface area contributed by atoms with Crippen LogP contribution < -0.4 is 0 Å². The van der Waals surface area contributed by atoms with E-state index in [-0.39, 0.29) is 0 Å². The summed E-state index contributed by atoms with van der Waals surface area (Å²) in [5.41, 5.74) is 0. The minimum absolute atomic E-state index is 0.335. The van der Waals surface area contributed by atoms with Crippen LogP contribution >= 0.6 is 0 Å². The van der Waals surface area contributed by atoms with Gasteiger partial charge >= 0.3 is 5.97 Å². The van der Waals surface area contributed by atoms with Gasteiger partial charge in [0.05, 0.1) is 6.61 Å². The Labute approximate surface area is 86.0 Å². The lowest BCUT2D eigenvalue weighted by Gasteiger charge is -2.11. The maximum Gasteiger partial charge on any atom is 0.384 e. The van der Waals surface area contributed by atoms with Gasteiger partial charge in [0, 0.05) is 11.8 Å². The van der Waals surface area contributed by atoms with Crippen molar-refractivity contribution in [3.05, 3.63) is 0 Å². The van der Waals surface area contributed by atoms with E-state index in [9.17, 15) is 4.79 Å². The van der Waals surface area contributed by atoms with Crippen LogP contribution in [0.4, 0.5) is 0 Å². The molecule has 0 N–H and O–H groups in total. The first-order valence-corrected chi connectivity index (χ1v) is 5.42. The smallest absolute Gasteiger partial charge is 0.384 e. The Bertz CT molecular complexity index is 241. The minimum atomic E-state index is -0.391. The highest BCUT2D eigenvalue weighted by molar-refractivity contribution is 5.88. The van der Waals surface area contributed by atoms with Crippen molar-refractivity contribution in [3.63, 3.8) is 0 Å². The molecule has 1 aliphatic rings. The van der Waals surface area contributed by atoms with E-state index in [1.165, 1.54) is 25.7 Å². The normalized spacial score (nSPS) is 18.4. The average molecular weight is 194 g/mol. The molecule has 0 aromatic carbocycles. The van der Waals surface area contributed by atoms with Gasteiger partial charge in [-0.25, -0.2) is 4.79 Å². The van der Waals surface area contributed by atoms with E-state index < -0.39 is 5.97 Å². The molecule has 1 fully saturated rings. The standard InChI is InChI=1S/C12H18O2/c1-3-14-12(13)9-8-10(2)11-6-4-5-7-11/h10-11H,3-7H2,1-2H3. The highest BCUT2D eigenvalue weighted by atomic mass is 16.5. The van der Waals surface area contributed by atoms with Crippen molar-refractivity contribution in [3.8, 4) is 11.8 Å². The summed E-state index contributed by atoms with van der Waals surface area (Å²) in [4.78, 5) is 11.0. The molecule has 2 nitrogen and oxygen atoms in total. The van der Waals surface area contributed by atoms with Gasteiger partial charge < -0.3 is 4.74 Å². The fraction of sp³-hybridized carbons (Fsp3) is 0.750. The van der Waals surface area contributed by atoms with Crippen molar-refractivity contribution in [1.29, 1.82) is 0 Å². The number of hydrogen-bond donors (Lipinski definition) is 0. The van der Waals surface area contributed by atoms with E-state index in [4.69, 9.17) is 4.74 Å². The average Bonchev–Trinajstić information content (AvgIpc) is 2.67. The molecule has 0 amide bonds. The van der Waals surface area contributed by atoms with E-state index in [1.807, 2.05) is 0 Å². The zero-order valence-electron chi connectivity index (χ0n) is 9.01. The van der Waals surface area contributed by atoms with Gasteiger partial charge in [0.1, 0.15) is 0 Å². The van der Waals surface area contributed by atoms with Crippen LogP contribution in [0.2, 0.25) is 0 Å². The zero-order chi connectivity index (χ0) is 10.4. The lowest BCUT2D eigenvalue weighted by atomic mass is 9.93. The summed E-state index contributed by atoms with van der Waals surface area (Å²) in [7, 11) is 0. The van der Waals surface area contributed by atoms with Crippen LogP contribution in [0.1, 0.15) is 39.5 Å². The van der Waals surface area contributed by atoms with Crippen molar-refractivity contribution in [2.45, 2.75) is 39.5 Å². The molecule has 1 atom stereocenters. The van der Waals surface area contributed by atoms with Crippen LogP contribution in [-0.2, 0) is 9.53 Å². The van der Waals surface area contributed by atoms with Gasteiger partial charge in [-0.1, -0.05) is 25.7 Å². The van der Waals surface area contributed by atoms with Crippen LogP contribution in [0.15, 0.2) is 0 Å². The van der Waals surface area contributed by atoms with Gasteiger partial charge in [-0.2, -0.15) is 0 Å². The van der Waals surface area contributed by atoms with Gasteiger partial charge in [-0.3, -0.25) is 0 Å².